The van der Waals surface area contributed by atoms with E-state index >= 15 is 0 Å². The highest BCUT2D eigenvalue weighted by Crippen LogP contribution is 2.32. The Morgan fingerprint density at radius 1 is 1.48 bits per heavy atom. The number of rotatable bonds is 4. The summed E-state index contributed by atoms with van der Waals surface area (Å²) < 4.78 is 12.1. The minimum Gasteiger partial charge on any atom is -0.394 e. The first-order chi connectivity index (χ1) is 11.0. The van der Waals surface area contributed by atoms with E-state index in [1.807, 2.05) is 0 Å². The molecule has 3 rings (SSSR count). The third-order valence-corrected chi connectivity index (χ3v) is 3.93. The average molecular weight is 325 g/mol. The van der Waals surface area contributed by atoms with Crippen LogP contribution in [0.2, 0.25) is 0 Å². The summed E-state index contributed by atoms with van der Waals surface area (Å²) in [4.78, 5) is 25.2. The van der Waals surface area contributed by atoms with E-state index in [-0.39, 0.29) is 6.61 Å². The average Bonchev–Trinajstić information content (AvgIpc) is 3.02. The number of aliphatic hydroxyl groups excluding tert-OH is 2. The minimum atomic E-state index is -1.05. The van der Waals surface area contributed by atoms with Crippen molar-refractivity contribution >= 4 is 17.0 Å². The van der Waals surface area contributed by atoms with Gasteiger partial charge in [-0.3, -0.25) is 0 Å². The van der Waals surface area contributed by atoms with Gasteiger partial charge in [-0.05, 0) is 0 Å². The lowest BCUT2D eigenvalue weighted by Crippen LogP contribution is -2.36. The van der Waals surface area contributed by atoms with Crippen LogP contribution in [-0.2, 0) is 9.47 Å². The summed E-state index contributed by atoms with van der Waals surface area (Å²) in [5.41, 5.74) is 0.343. The number of methoxy groups -OCH3 is 1. The minimum absolute atomic E-state index is 0.339. The number of aromatic nitrogens is 4. The van der Waals surface area contributed by atoms with E-state index in [4.69, 9.17) is 9.47 Å². The van der Waals surface area contributed by atoms with Gasteiger partial charge in [-0.15, -0.1) is 0 Å². The largest absolute Gasteiger partial charge is 0.394 e. The first-order valence-corrected chi connectivity index (χ1v) is 7.09. The molecule has 3 N–H and O–H groups in total. The van der Waals surface area contributed by atoms with Gasteiger partial charge in [-0.25, -0.2) is 19.3 Å². The zero-order valence-corrected chi connectivity index (χ0v) is 13.0. The molecule has 23 heavy (non-hydrogen) atoms. The number of nitrogens with one attached hydrogen (secondary N) is 1. The SMILES string of the molecule is CO[C@@H]1[C@H](O)[C@@H](CO)O[C@H]1n1c(=O)[nH]c2c(N(C)C)ncnc21. The molecule has 1 saturated heterocycles. The Hall–Kier alpha value is -2.01. The Morgan fingerprint density at radius 2 is 2.22 bits per heavy atom. The third kappa shape index (κ3) is 2.39. The van der Waals surface area contributed by atoms with E-state index in [1.165, 1.54) is 18.0 Å². The number of fused-ring (bicyclic) bond motifs is 1. The Balaban J connectivity index is 2.15. The van der Waals surface area contributed by atoms with Crippen LogP contribution in [0.4, 0.5) is 5.82 Å². The van der Waals surface area contributed by atoms with Crippen molar-refractivity contribution in [3.05, 3.63) is 16.8 Å². The lowest BCUT2D eigenvalue weighted by Gasteiger charge is -2.19. The second-order valence-corrected chi connectivity index (χ2v) is 5.53. The van der Waals surface area contributed by atoms with Gasteiger partial charge in [0.25, 0.3) is 0 Å². The van der Waals surface area contributed by atoms with Gasteiger partial charge in [0.1, 0.15) is 30.2 Å². The van der Waals surface area contributed by atoms with E-state index in [1.54, 1.807) is 19.0 Å². The molecule has 126 valence electrons. The third-order valence-electron chi connectivity index (χ3n) is 3.93. The summed E-state index contributed by atoms with van der Waals surface area (Å²) in [7, 11) is 5.00. The number of ether oxygens (including phenoxy) is 2. The van der Waals surface area contributed by atoms with E-state index in [2.05, 4.69) is 15.0 Å². The molecule has 1 fully saturated rings. The van der Waals surface area contributed by atoms with Gasteiger partial charge in [0.15, 0.2) is 17.7 Å². The molecule has 0 aromatic carbocycles. The number of nitrogens with zero attached hydrogens (tertiary/aromatic N) is 4. The number of imidazole rings is 1. The van der Waals surface area contributed by atoms with Crippen LogP contribution in [0, 0.1) is 0 Å². The summed E-state index contributed by atoms with van der Waals surface area (Å²) in [6.07, 6.45) is -2.25. The molecule has 1 aliphatic rings. The van der Waals surface area contributed by atoms with Crippen molar-refractivity contribution in [2.24, 2.45) is 0 Å². The van der Waals surface area contributed by atoms with Crippen LogP contribution >= 0.6 is 0 Å². The van der Waals surface area contributed by atoms with Crippen molar-refractivity contribution in [3.63, 3.8) is 0 Å². The molecular weight excluding hydrogens is 306 g/mol. The smallest absolute Gasteiger partial charge is 0.330 e. The second-order valence-electron chi connectivity index (χ2n) is 5.53. The molecule has 0 aliphatic carbocycles. The van der Waals surface area contributed by atoms with Gasteiger partial charge in [0.05, 0.1) is 6.61 Å². The van der Waals surface area contributed by atoms with Crippen LogP contribution in [0.3, 0.4) is 0 Å². The van der Waals surface area contributed by atoms with Crippen molar-refractivity contribution in [1.82, 2.24) is 19.5 Å². The molecule has 10 heteroatoms. The highest BCUT2D eigenvalue weighted by atomic mass is 16.6. The predicted molar refractivity (Wildman–Crippen MR) is 80.3 cm³/mol. The Morgan fingerprint density at radius 3 is 2.83 bits per heavy atom. The number of aliphatic hydroxyl groups is 2. The van der Waals surface area contributed by atoms with Crippen LogP contribution in [0.5, 0.6) is 0 Å². The Kier molecular flexibility index (Phi) is 4.06. The van der Waals surface area contributed by atoms with E-state index in [9.17, 15) is 15.0 Å². The summed E-state index contributed by atoms with van der Waals surface area (Å²) in [5.74, 6) is 0.553. The fourth-order valence-electron chi connectivity index (χ4n) is 2.83. The molecule has 3 heterocycles. The molecule has 0 saturated carbocycles. The molecule has 0 spiro atoms. The Bertz CT molecular complexity index is 757. The van der Waals surface area contributed by atoms with Crippen molar-refractivity contribution in [3.8, 4) is 0 Å². The van der Waals surface area contributed by atoms with Crippen molar-refractivity contribution in [1.29, 1.82) is 0 Å². The number of H-pyrrole nitrogens is 1. The summed E-state index contributed by atoms with van der Waals surface area (Å²) in [5, 5.41) is 19.4. The van der Waals surface area contributed by atoms with Crippen LogP contribution < -0.4 is 10.6 Å². The Labute approximate surface area is 131 Å². The standard InChI is InChI=1S/C13H19N5O5/c1-17(2)10-7-11(15-5-14-10)18(13(21)16-7)12-9(22-3)8(20)6(4-19)23-12/h5-6,8-9,12,19-20H,4H2,1-3H3,(H,16,21)/t6-,8-,9-,12-/m1/s1. The zero-order valence-electron chi connectivity index (χ0n) is 13.0. The maximum Gasteiger partial charge on any atom is 0.330 e. The fourth-order valence-corrected chi connectivity index (χ4v) is 2.83. The molecule has 0 unspecified atom stereocenters. The summed E-state index contributed by atoms with van der Waals surface area (Å²) >= 11 is 0. The maximum absolute atomic E-state index is 12.4. The molecule has 1 aliphatic heterocycles. The summed E-state index contributed by atoms with van der Waals surface area (Å²) in [6.45, 7) is -0.382. The van der Waals surface area contributed by atoms with Crippen molar-refractivity contribution in [2.45, 2.75) is 24.5 Å². The lowest BCUT2D eigenvalue weighted by atomic mass is 10.1. The molecule has 0 amide bonds. The zero-order chi connectivity index (χ0) is 16.7. The summed E-state index contributed by atoms with van der Waals surface area (Å²) in [6, 6.07) is 0. The topological polar surface area (TPSA) is 126 Å². The first-order valence-electron chi connectivity index (χ1n) is 7.09. The van der Waals surface area contributed by atoms with Gasteiger partial charge in [-0.2, -0.15) is 0 Å². The predicted octanol–water partition coefficient (Wildman–Crippen LogP) is -1.55. The van der Waals surface area contributed by atoms with Gasteiger partial charge in [0, 0.05) is 21.2 Å². The molecule has 10 nitrogen and oxygen atoms in total. The fraction of sp³-hybridized carbons (Fsp3) is 0.615. The number of anilines is 1. The second kappa shape index (κ2) is 5.89. The molecule has 0 radical (unpaired) electrons. The van der Waals surface area contributed by atoms with E-state index in [0.29, 0.717) is 17.0 Å². The van der Waals surface area contributed by atoms with E-state index in [0.717, 1.165) is 0 Å². The number of hydrogen-bond acceptors (Lipinski definition) is 8. The molecule has 2 aromatic rings. The van der Waals surface area contributed by atoms with Gasteiger partial charge < -0.3 is 29.6 Å². The van der Waals surface area contributed by atoms with Crippen LogP contribution in [0.15, 0.2) is 11.1 Å². The van der Waals surface area contributed by atoms with Crippen LogP contribution in [0.25, 0.3) is 11.2 Å². The maximum atomic E-state index is 12.4. The molecule has 2 aromatic heterocycles. The molecular formula is C13H19N5O5. The monoisotopic (exact) mass is 325 g/mol. The highest BCUT2D eigenvalue weighted by Gasteiger charge is 2.46. The van der Waals surface area contributed by atoms with Gasteiger partial charge in [-0.1, -0.05) is 0 Å². The lowest BCUT2D eigenvalue weighted by molar-refractivity contribution is -0.0598. The number of hydrogen-bond donors (Lipinski definition) is 3. The highest BCUT2D eigenvalue weighted by molar-refractivity contribution is 5.83. The van der Waals surface area contributed by atoms with E-state index < -0.39 is 30.2 Å². The van der Waals surface area contributed by atoms with Crippen molar-refractivity contribution in [2.75, 3.05) is 32.7 Å². The molecule has 0 bridgehead atoms. The number of aromatic amines is 1. The molecule has 4 atom stereocenters. The first kappa shape index (κ1) is 15.9. The quantitative estimate of drug-likeness (QED) is 0.617. The normalized spacial score (nSPS) is 27.7. The van der Waals surface area contributed by atoms with Gasteiger partial charge >= 0.3 is 5.69 Å². The van der Waals surface area contributed by atoms with Crippen molar-refractivity contribution < 1.29 is 19.7 Å². The van der Waals surface area contributed by atoms with Crippen LogP contribution in [-0.4, -0.2) is 75.9 Å². The van der Waals surface area contributed by atoms with Crippen LogP contribution in [0.1, 0.15) is 6.23 Å². The van der Waals surface area contributed by atoms with Gasteiger partial charge in [0.2, 0.25) is 0 Å².